The van der Waals surface area contributed by atoms with Crippen molar-refractivity contribution in [3.63, 3.8) is 0 Å². The first-order chi connectivity index (χ1) is 12.0. The number of aliphatic hydroxyl groups is 1. The van der Waals surface area contributed by atoms with E-state index in [0.29, 0.717) is 6.61 Å². The number of carbonyl (C=O) groups is 1. The third-order valence-electron chi connectivity index (χ3n) is 5.58. The maximum atomic E-state index is 12.3. The predicted molar refractivity (Wildman–Crippen MR) is 97.3 cm³/mol. The number of hydrogen-bond acceptors (Lipinski definition) is 3. The van der Waals surface area contributed by atoms with Gasteiger partial charge in [-0.25, -0.2) is 4.79 Å². The number of ether oxygens (including phenoxy) is 1. The van der Waals surface area contributed by atoms with Crippen molar-refractivity contribution in [1.82, 2.24) is 10.6 Å². The van der Waals surface area contributed by atoms with Crippen LogP contribution < -0.4 is 10.6 Å². The number of carbonyl (C=O) groups excluding carboxylic acids is 1. The Hall–Kier alpha value is -1.59. The Labute approximate surface area is 150 Å². The number of benzene rings is 1. The average Bonchev–Trinajstić information content (AvgIpc) is 2.62. The Morgan fingerprint density at radius 2 is 2.00 bits per heavy atom. The van der Waals surface area contributed by atoms with E-state index in [1.165, 1.54) is 19.3 Å². The van der Waals surface area contributed by atoms with Crippen LogP contribution >= 0.6 is 0 Å². The molecule has 2 unspecified atom stereocenters. The van der Waals surface area contributed by atoms with Crippen molar-refractivity contribution in [2.45, 2.75) is 69.1 Å². The zero-order valence-electron chi connectivity index (χ0n) is 15.1. The second-order valence-corrected chi connectivity index (χ2v) is 7.75. The first-order valence-electron chi connectivity index (χ1n) is 9.45. The van der Waals surface area contributed by atoms with Crippen molar-refractivity contribution in [2.24, 2.45) is 0 Å². The van der Waals surface area contributed by atoms with Gasteiger partial charge in [-0.15, -0.1) is 0 Å². The Morgan fingerprint density at radius 3 is 2.72 bits per heavy atom. The molecule has 2 atom stereocenters. The Kier molecular flexibility index (Phi) is 5.64. The summed E-state index contributed by atoms with van der Waals surface area (Å²) >= 11 is 0. The summed E-state index contributed by atoms with van der Waals surface area (Å²) < 4.78 is 6.08. The van der Waals surface area contributed by atoms with Gasteiger partial charge in [-0.2, -0.15) is 0 Å². The molecule has 1 aliphatic carbocycles. The van der Waals surface area contributed by atoms with Crippen molar-refractivity contribution in [1.29, 1.82) is 0 Å². The molecule has 0 radical (unpaired) electrons. The molecule has 0 aromatic heterocycles. The highest BCUT2D eigenvalue weighted by molar-refractivity contribution is 5.74. The van der Waals surface area contributed by atoms with E-state index in [0.717, 1.165) is 31.2 Å². The van der Waals surface area contributed by atoms with E-state index >= 15 is 0 Å². The summed E-state index contributed by atoms with van der Waals surface area (Å²) in [5.74, 6) is 0. The normalized spacial score (nSPS) is 25.1. The summed E-state index contributed by atoms with van der Waals surface area (Å²) in [5.41, 5.74) is -0.314. The van der Waals surface area contributed by atoms with Gasteiger partial charge in [0.25, 0.3) is 0 Å². The number of urea groups is 1. The van der Waals surface area contributed by atoms with E-state index in [1.54, 1.807) is 6.92 Å². The zero-order valence-corrected chi connectivity index (χ0v) is 15.1. The summed E-state index contributed by atoms with van der Waals surface area (Å²) in [4.78, 5) is 12.3. The van der Waals surface area contributed by atoms with E-state index in [-0.39, 0.29) is 24.2 Å². The third-order valence-corrected chi connectivity index (χ3v) is 5.58. The number of hydrogen-bond donors (Lipinski definition) is 3. The summed E-state index contributed by atoms with van der Waals surface area (Å²) in [5, 5.41) is 16.5. The van der Waals surface area contributed by atoms with Crippen LogP contribution in [0.3, 0.4) is 0 Å². The minimum absolute atomic E-state index is 0.0238. The van der Waals surface area contributed by atoms with E-state index in [1.807, 2.05) is 30.3 Å². The van der Waals surface area contributed by atoms with Crippen LogP contribution in [0.15, 0.2) is 30.3 Å². The Balaban J connectivity index is 1.49. The van der Waals surface area contributed by atoms with Gasteiger partial charge >= 0.3 is 6.03 Å². The largest absolute Gasteiger partial charge is 0.384 e. The molecule has 1 saturated heterocycles. The lowest BCUT2D eigenvalue weighted by atomic mass is 9.78. The van der Waals surface area contributed by atoms with Crippen LogP contribution in [0, 0.1) is 0 Å². The molecular formula is C20H30N2O3. The fourth-order valence-corrected chi connectivity index (χ4v) is 4.08. The molecule has 2 fully saturated rings. The monoisotopic (exact) mass is 346 g/mol. The highest BCUT2D eigenvalue weighted by atomic mass is 16.5. The van der Waals surface area contributed by atoms with Crippen molar-refractivity contribution in [2.75, 3.05) is 13.2 Å². The van der Waals surface area contributed by atoms with Crippen LogP contribution in [0.5, 0.6) is 0 Å². The fourth-order valence-electron chi connectivity index (χ4n) is 4.08. The van der Waals surface area contributed by atoms with Gasteiger partial charge in [0.1, 0.15) is 5.60 Å². The fraction of sp³-hybridized carbons (Fsp3) is 0.650. The number of nitrogens with one attached hydrogen (secondary N) is 2. The molecule has 1 aliphatic heterocycles. The molecule has 1 saturated carbocycles. The molecule has 1 spiro atoms. The van der Waals surface area contributed by atoms with E-state index in [9.17, 15) is 9.90 Å². The standard InChI is InChI=1S/C20H30N2O3/c1-19(24,16-8-4-2-5-9-16)15-21-18(23)22-17-10-13-25-20(14-17)11-6-3-7-12-20/h2,4-5,8-9,17,24H,3,6-7,10-15H2,1H3,(H2,21,22,23). The van der Waals surface area contributed by atoms with Gasteiger partial charge in [-0.1, -0.05) is 49.6 Å². The molecule has 2 aliphatic rings. The molecule has 1 aromatic carbocycles. The van der Waals surface area contributed by atoms with Crippen LogP contribution in [0.1, 0.15) is 57.4 Å². The minimum Gasteiger partial charge on any atom is -0.384 e. The summed E-state index contributed by atoms with van der Waals surface area (Å²) in [7, 11) is 0. The van der Waals surface area contributed by atoms with Crippen molar-refractivity contribution in [3.05, 3.63) is 35.9 Å². The molecule has 5 nitrogen and oxygen atoms in total. The lowest BCUT2D eigenvalue weighted by molar-refractivity contribution is -0.107. The smallest absolute Gasteiger partial charge is 0.315 e. The van der Waals surface area contributed by atoms with Crippen molar-refractivity contribution in [3.8, 4) is 0 Å². The van der Waals surface area contributed by atoms with Crippen LogP contribution in [0.4, 0.5) is 4.79 Å². The van der Waals surface area contributed by atoms with E-state index in [2.05, 4.69) is 10.6 Å². The molecule has 5 heteroatoms. The second kappa shape index (κ2) is 7.75. The van der Waals surface area contributed by atoms with Crippen LogP contribution in [0.25, 0.3) is 0 Å². The minimum atomic E-state index is -1.08. The van der Waals surface area contributed by atoms with Gasteiger partial charge in [0.2, 0.25) is 0 Å². The quantitative estimate of drug-likeness (QED) is 0.785. The third kappa shape index (κ3) is 4.73. The maximum absolute atomic E-state index is 12.3. The molecule has 0 bridgehead atoms. The Bertz CT molecular complexity index is 562. The average molecular weight is 346 g/mol. The molecule has 25 heavy (non-hydrogen) atoms. The molecule has 1 aromatic rings. The maximum Gasteiger partial charge on any atom is 0.315 e. The highest BCUT2D eigenvalue weighted by Gasteiger charge is 2.39. The van der Waals surface area contributed by atoms with Crippen LogP contribution in [-0.2, 0) is 10.3 Å². The number of rotatable bonds is 4. The zero-order chi connectivity index (χ0) is 17.8. The Morgan fingerprint density at radius 1 is 1.28 bits per heavy atom. The molecular weight excluding hydrogens is 316 g/mol. The second-order valence-electron chi connectivity index (χ2n) is 7.75. The topological polar surface area (TPSA) is 70.6 Å². The first-order valence-corrected chi connectivity index (χ1v) is 9.45. The van der Waals surface area contributed by atoms with Crippen molar-refractivity contribution >= 4 is 6.03 Å². The highest BCUT2D eigenvalue weighted by Crippen LogP contribution is 2.38. The lowest BCUT2D eigenvalue weighted by Crippen LogP contribution is -2.52. The van der Waals surface area contributed by atoms with E-state index < -0.39 is 5.60 Å². The molecule has 1 heterocycles. The summed E-state index contributed by atoms with van der Waals surface area (Å²) in [6.07, 6.45) is 7.70. The molecule has 138 valence electrons. The van der Waals surface area contributed by atoms with E-state index in [4.69, 9.17) is 4.74 Å². The van der Waals surface area contributed by atoms with Crippen LogP contribution in [0.2, 0.25) is 0 Å². The van der Waals surface area contributed by atoms with Gasteiger partial charge in [-0.05, 0) is 38.2 Å². The number of amides is 2. The van der Waals surface area contributed by atoms with Gasteiger partial charge in [0, 0.05) is 12.6 Å². The van der Waals surface area contributed by atoms with Gasteiger partial charge in [0.15, 0.2) is 0 Å². The molecule has 3 N–H and O–H groups in total. The predicted octanol–water partition coefficient (Wildman–Crippen LogP) is 3.08. The van der Waals surface area contributed by atoms with Crippen molar-refractivity contribution < 1.29 is 14.6 Å². The van der Waals surface area contributed by atoms with Crippen LogP contribution in [-0.4, -0.2) is 35.9 Å². The summed E-state index contributed by atoms with van der Waals surface area (Å²) in [6.45, 7) is 2.61. The lowest BCUT2D eigenvalue weighted by Gasteiger charge is -2.43. The molecule has 2 amide bonds. The van der Waals surface area contributed by atoms with Gasteiger partial charge in [0.05, 0.1) is 12.1 Å². The SMILES string of the molecule is CC(O)(CNC(=O)NC1CCOC2(CCCCC2)C1)c1ccccc1. The van der Waals surface area contributed by atoms with Gasteiger partial charge in [-0.3, -0.25) is 0 Å². The first kappa shape index (κ1) is 18.2. The summed E-state index contributed by atoms with van der Waals surface area (Å²) in [6, 6.07) is 9.34. The molecule has 3 rings (SSSR count). The van der Waals surface area contributed by atoms with Gasteiger partial charge < -0.3 is 20.5 Å².